The van der Waals surface area contributed by atoms with E-state index in [0.29, 0.717) is 12.8 Å². The van der Waals surface area contributed by atoms with E-state index >= 15 is 0 Å². The van der Waals surface area contributed by atoms with Gasteiger partial charge in [0.2, 0.25) is 5.91 Å². The van der Waals surface area contributed by atoms with Crippen LogP contribution in [-0.4, -0.2) is 23.0 Å². The summed E-state index contributed by atoms with van der Waals surface area (Å²) in [6.07, 6.45) is 8.74. The summed E-state index contributed by atoms with van der Waals surface area (Å²) in [6.45, 7) is 4.37. The quantitative estimate of drug-likeness (QED) is 0.780. The predicted molar refractivity (Wildman–Crippen MR) is 82.0 cm³/mol. The summed E-state index contributed by atoms with van der Waals surface area (Å²) >= 11 is 0. The highest BCUT2D eigenvalue weighted by atomic mass is 16.4. The van der Waals surface area contributed by atoms with Crippen molar-refractivity contribution in [2.45, 2.75) is 84.1 Å². The van der Waals surface area contributed by atoms with Crippen LogP contribution in [0.5, 0.6) is 0 Å². The normalized spacial score (nSPS) is 27.8. The van der Waals surface area contributed by atoms with Crippen LogP contribution >= 0.6 is 0 Å². The highest BCUT2D eigenvalue weighted by Crippen LogP contribution is 2.40. The smallest absolute Gasteiger partial charge is 0.310 e. The van der Waals surface area contributed by atoms with Crippen LogP contribution in [0.3, 0.4) is 0 Å². The molecule has 0 heterocycles. The van der Waals surface area contributed by atoms with E-state index in [1.54, 1.807) is 0 Å². The monoisotopic (exact) mass is 295 g/mol. The van der Waals surface area contributed by atoms with Gasteiger partial charge in [0.05, 0.1) is 5.41 Å². The summed E-state index contributed by atoms with van der Waals surface area (Å²) in [5.41, 5.74) is -0.696. The number of amides is 1. The molecule has 0 aliphatic heterocycles. The van der Waals surface area contributed by atoms with Crippen molar-refractivity contribution in [1.29, 1.82) is 0 Å². The SMILES string of the molecule is CC1(C)CCCC1NC(=O)CC1(C(=O)O)CCCCCC1. The first-order chi connectivity index (χ1) is 9.86. The molecular formula is C17H29NO3. The first kappa shape index (κ1) is 16.3. The molecule has 120 valence electrons. The fourth-order valence-corrected chi connectivity index (χ4v) is 4.02. The minimum absolute atomic E-state index is 0.0701. The van der Waals surface area contributed by atoms with Crippen molar-refractivity contribution >= 4 is 11.9 Å². The van der Waals surface area contributed by atoms with Gasteiger partial charge in [-0.15, -0.1) is 0 Å². The molecule has 2 aliphatic carbocycles. The average molecular weight is 295 g/mol. The Kier molecular flexibility index (Phi) is 4.95. The van der Waals surface area contributed by atoms with Gasteiger partial charge in [-0.1, -0.05) is 46.0 Å². The minimum Gasteiger partial charge on any atom is -0.481 e. The number of carbonyl (C=O) groups is 2. The second-order valence-electron chi connectivity index (χ2n) is 7.68. The Labute approximate surface area is 127 Å². The summed E-state index contributed by atoms with van der Waals surface area (Å²) < 4.78 is 0. The molecule has 1 amide bonds. The van der Waals surface area contributed by atoms with E-state index < -0.39 is 11.4 Å². The number of rotatable bonds is 4. The third-order valence-corrected chi connectivity index (χ3v) is 5.61. The number of aliphatic carboxylic acids is 1. The fraction of sp³-hybridized carbons (Fsp3) is 0.882. The molecule has 4 nitrogen and oxygen atoms in total. The van der Waals surface area contributed by atoms with Crippen LogP contribution in [0.2, 0.25) is 0 Å². The molecule has 2 rings (SSSR count). The summed E-state index contributed by atoms with van der Waals surface area (Å²) in [4.78, 5) is 24.2. The van der Waals surface area contributed by atoms with Gasteiger partial charge in [0.1, 0.15) is 0 Å². The number of hydrogen-bond acceptors (Lipinski definition) is 2. The minimum atomic E-state index is -0.830. The van der Waals surface area contributed by atoms with Gasteiger partial charge < -0.3 is 10.4 Å². The predicted octanol–water partition coefficient (Wildman–Crippen LogP) is 3.50. The zero-order valence-corrected chi connectivity index (χ0v) is 13.4. The highest BCUT2D eigenvalue weighted by molar-refractivity contribution is 5.85. The third-order valence-electron chi connectivity index (χ3n) is 5.61. The zero-order chi connectivity index (χ0) is 15.5. The Hall–Kier alpha value is -1.06. The third kappa shape index (κ3) is 3.78. The lowest BCUT2D eigenvalue weighted by Crippen LogP contribution is -2.45. The van der Waals surface area contributed by atoms with Gasteiger partial charge in [0, 0.05) is 12.5 Å². The maximum absolute atomic E-state index is 12.4. The Morgan fingerprint density at radius 3 is 2.14 bits per heavy atom. The van der Waals surface area contributed by atoms with Crippen LogP contribution in [0, 0.1) is 10.8 Å². The van der Waals surface area contributed by atoms with Gasteiger partial charge >= 0.3 is 5.97 Å². The summed E-state index contributed by atoms with van der Waals surface area (Å²) in [7, 11) is 0. The molecule has 0 bridgehead atoms. The summed E-state index contributed by atoms with van der Waals surface area (Å²) in [5, 5.41) is 12.8. The first-order valence-corrected chi connectivity index (χ1v) is 8.39. The fourth-order valence-electron chi connectivity index (χ4n) is 4.02. The van der Waals surface area contributed by atoms with Crippen molar-refractivity contribution in [3.8, 4) is 0 Å². The summed E-state index contributed by atoms with van der Waals surface area (Å²) in [6, 6.07) is 0.196. The Morgan fingerprint density at radius 1 is 1.05 bits per heavy atom. The standard InChI is InChI=1S/C17H29NO3/c1-16(2)9-7-8-13(16)18-14(19)12-17(15(20)21)10-5-3-4-6-11-17/h13H,3-12H2,1-2H3,(H,18,19)(H,20,21). The van der Waals surface area contributed by atoms with E-state index in [1.165, 1.54) is 0 Å². The molecule has 0 aromatic heterocycles. The van der Waals surface area contributed by atoms with Crippen molar-refractivity contribution in [3.63, 3.8) is 0 Å². The van der Waals surface area contributed by atoms with Crippen LogP contribution in [0.25, 0.3) is 0 Å². The van der Waals surface area contributed by atoms with Gasteiger partial charge in [-0.25, -0.2) is 0 Å². The van der Waals surface area contributed by atoms with Crippen molar-refractivity contribution < 1.29 is 14.7 Å². The number of hydrogen-bond donors (Lipinski definition) is 2. The lowest BCUT2D eigenvalue weighted by molar-refractivity contribution is -0.153. The molecule has 0 saturated heterocycles. The molecule has 0 aromatic carbocycles. The molecule has 4 heteroatoms. The Balaban J connectivity index is 2.00. The van der Waals surface area contributed by atoms with Crippen LogP contribution in [0.15, 0.2) is 0 Å². The number of carbonyl (C=O) groups excluding carboxylic acids is 1. The van der Waals surface area contributed by atoms with E-state index in [2.05, 4.69) is 19.2 Å². The van der Waals surface area contributed by atoms with Crippen LogP contribution < -0.4 is 5.32 Å². The first-order valence-electron chi connectivity index (χ1n) is 8.39. The van der Waals surface area contributed by atoms with Crippen LogP contribution in [0.1, 0.15) is 78.1 Å². The lowest BCUT2D eigenvalue weighted by atomic mass is 9.77. The van der Waals surface area contributed by atoms with Crippen molar-refractivity contribution in [1.82, 2.24) is 5.32 Å². The van der Waals surface area contributed by atoms with Crippen LogP contribution in [-0.2, 0) is 9.59 Å². The number of carboxylic acids is 1. The van der Waals surface area contributed by atoms with Gasteiger partial charge in [-0.3, -0.25) is 9.59 Å². The zero-order valence-electron chi connectivity index (χ0n) is 13.4. The van der Waals surface area contributed by atoms with Crippen LogP contribution in [0.4, 0.5) is 0 Å². The molecular weight excluding hydrogens is 266 g/mol. The molecule has 0 spiro atoms. The number of carboxylic acid groups (broad SMARTS) is 1. The van der Waals surface area contributed by atoms with Crippen molar-refractivity contribution in [3.05, 3.63) is 0 Å². The molecule has 0 radical (unpaired) electrons. The Morgan fingerprint density at radius 2 is 1.67 bits per heavy atom. The van der Waals surface area contributed by atoms with E-state index in [0.717, 1.165) is 44.9 Å². The van der Waals surface area contributed by atoms with Gasteiger partial charge in [-0.05, 0) is 31.1 Å². The van der Waals surface area contributed by atoms with Crippen molar-refractivity contribution in [2.75, 3.05) is 0 Å². The second-order valence-corrected chi connectivity index (χ2v) is 7.68. The van der Waals surface area contributed by atoms with E-state index in [4.69, 9.17) is 0 Å². The van der Waals surface area contributed by atoms with Gasteiger partial charge in [0.25, 0.3) is 0 Å². The van der Waals surface area contributed by atoms with E-state index in [1.807, 2.05) is 0 Å². The highest BCUT2D eigenvalue weighted by Gasteiger charge is 2.42. The summed E-state index contributed by atoms with van der Waals surface area (Å²) in [5.74, 6) is -0.857. The maximum Gasteiger partial charge on any atom is 0.310 e. The molecule has 1 unspecified atom stereocenters. The second kappa shape index (κ2) is 6.37. The molecule has 0 aromatic rings. The molecule has 2 N–H and O–H groups in total. The maximum atomic E-state index is 12.4. The topological polar surface area (TPSA) is 66.4 Å². The Bertz CT molecular complexity index is 395. The molecule has 21 heavy (non-hydrogen) atoms. The van der Waals surface area contributed by atoms with Gasteiger partial charge in [-0.2, -0.15) is 0 Å². The van der Waals surface area contributed by atoms with Gasteiger partial charge in [0.15, 0.2) is 0 Å². The van der Waals surface area contributed by atoms with E-state index in [-0.39, 0.29) is 23.8 Å². The molecule has 2 fully saturated rings. The van der Waals surface area contributed by atoms with E-state index in [9.17, 15) is 14.7 Å². The average Bonchev–Trinajstić information content (AvgIpc) is 2.62. The molecule has 2 saturated carbocycles. The molecule has 1 atom stereocenters. The molecule has 2 aliphatic rings. The largest absolute Gasteiger partial charge is 0.481 e. The lowest BCUT2D eigenvalue weighted by Gasteiger charge is -2.31. The van der Waals surface area contributed by atoms with Crippen molar-refractivity contribution in [2.24, 2.45) is 10.8 Å². The number of nitrogens with one attached hydrogen (secondary N) is 1.